The standard InChI is InChI=1S/C24H22N4O2S2/c1-2-30-23(29)20-15-21(18-9-4-3-5-10-18)32-22(20)27-24(31)26-19-11-6-8-17(14-19)16-28-13-7-12-25-28/h3-15H,2,16H2,1H3,(H2,26,27,31). The summed E-state index contributed by atoms with van der Waals surface area (Å²) >= 11 is 6.99. The highest BCUT2D eigenvalue weighted by Crippen LogP contribution is 2.36. The molecule has 32 heavy (non-hydrogen) atoms. The molecule has 4 rings (SSSR count). The molecule has 2 N–H and O–H groups in total. The lowest BCUT2D eigenvalue weighted by molar-refractivity contribution is 0.0528. The molecule has 0 unspecified atom stereocenters. The van der Waals surface area contributed by atoms with Crippen LogP contribution in [0.25, 0.3) is 10.4 Å². The smallest absolute Gasteiger partial charge is 0.341 e. The van der Waals surface area contributed by atoms with Crippen molar-refractivity contribution in [3.8, 4) is 10.4 Å². The number of rotatable bonds is 7. The molecule has 0 saturated carbocycles. The molecule has 4 aromatic rings. The van der Waals surface area contributed by atoms with Crippen LogP contribution in [0.3, 0.4) is 0 Å². The minimum atomic E-state index is -0.377. The third-order valence-electron chi connectivity index (χ3n) is 4.60. The molecule has 8 heteroatoms. The first kappa shape index (κ1) is 21.7. The summed E-state index contributed by atoms with van der Waals surface area (Å²) in [6, 6.07) is 21.6. The van der Waals surface area contributed by atoms with Crippen LogP contribution < -0.4 is 10.6 Å². The van der Waals surface area contributed by atoms with E-state index in [-0.39, 0.29) is 5.97 Å². The number of thiophene rings is 1. The lowest BCUT2D eigenvalue weighted by Crippen LogP contribution is -2.20. The molecule has 0 amide bonds. The Morgan fingerprint density at radius 1 is 1.09 bits per heavy atom. The molecule has 0 fully saturated rings. The second-order valence-electron chi connectivity index (χ2n) is 6.92. The molecule has 0 saturated heterocycles. The van der Waals surface area contributed by atoms with Crippen molar-refractivity contribution in [2.75, 3.05) is 17.2 Å². The first-order valence-corrected chi connectivity index (χ1v) is 11.4. The first-order chi connectivity index (χ1) is 15.6. The van der Waals surface area contributed by atoms with Crippen molar-refractivity contribution in [2.24, 2.45) is 0 Å². The molecule has 2 aromatic heterocycles. The lowest BCUT2D eigenvalue weighted by atomic mass is 10.1. The average Bonchev–Trinajstić information content (AvgIpc) is 3.45. The van der Waals surface area contributed by atoms with Crippen LogP contribution in [0.4, 0.5) is 10.7 Å². The molecule has 0 aliphatic rings. The number of hydrogen-bond donors (Lipinski definition) is 2. The highest BCUT2D eigenvalue weighted by Gasteiger charge is 2.19. The van der Waals surface area contributed by atoms with Crippen molar-refractivity contribution in [1.82, 2.24) is 9.78 Å². The van der Waals surface area contributed by atoms with E-state index in [9.17, 15) is 4.79 Å². The van der Waals surface area contributed by atoms with E-state index in [2.05, 4.69) is 15.7 Å². The van der Waals surface area contributed by atoms with Crippen molar-refractivity contribution in [3.05, 3.63) is 90.3 Å². The van der Waals surface area contributed by atoms with E-state index in [1.54, 1.807) is 13.1 Å². The zero-order valence-electron chi connectivity index (χ0n) is 17.4. The number of hydrogen-bond acceptors (Lipinski definition) is 5. The predicted molar refractivity (Wildman–Crippen MR) is 133 cm³/mol. The number of benzene rings is 2. The molecule has 0 radical (unpaired) electrons. The molecular weight excluding hydrogens is 440 g/mol. The SMILES string of the molecule is CCOC(=O)c1cc(-c2ccccc2)sc1NC(=S)Nc1cccc(Cn2cccn2)c1. The zero-order valence-corrected chi connectivity index (χ0v) is 19.1. The fourth-order valence-corrected chi connectivity index (χ4v) is 4.52. The molecule has 0 spiro atoms. The monoisotopic (exact) mass is 462 g/mol. The van der Waals surface area contributed by atoms with E-state index in [0.717, 1.165) is 21.7 Å². The number of thiocarbonyl (C=S) groups is 1. The van der Waals surface area contributed by atoms with Gasteiger partial charge < -0.3 is 15.4 Å². The topological polar surface area (TPSA) is 68.2 Å². The Balaban J connectivity index is 1.51. The summed E-state index contributed by atoms with van der Waals surface area (Å²) in [5.74, 6) is -0.377. The summed E-state index contributed by atoms with van der Waals surface area (Å²) in [6.07, 6.45) is 3.68. The molecular formula is C24H22N4O2S2. The van der Waals surface area contributed by atoms with Gasteiger partial charge in [-0.05, 0) is 54.5 Å². The molecule has 6 nitrogen and oxygen atoms in total. The van der Waals surface area contributed by atoms with Gasteiger partial charge in [0.2, 0.25) is 0 Å². The average molecular weight is 463 g/mol. The lowest BCUT2D eigenvalue weighted by Gasteiger charge is -2.12. The summed E-state index contributed by atoms with van der Waals surface area (Å²) in [4.78, 5) is 13.5. The number of carbonyl (C=O) groups is 1. The number of carbonyl (C=O) groups excluding carboxylic acids is 1. The number of nitrogens with zero attached hydrogens (tertiary/aromatic N) is 2. The Morgan fingerprint density at radius 2 is 1.94 bits per heavy atom. The van der Waals surface area contributed by atoms with Crippen LogP contribution in [-0.4, -0.2) is 27.5 Å². The quantitative estimate of drug-likeness (QED) is 0.273. The molecule has 162 valence electrons. The van der Waals surface area contributed by atoms with E-state index >= 15 is 0 Å². The van der Waals surface area contributed by atoms with Gasteiger partial charge in [0.05, 0.1) is 18.7 Å². The Bertz CT molecular complexity index is 1200. The summed E-state index contributed by atoms with van der Waals surface area (Å²) in [5.41, 5.74) is 3.44. The zero-order chi connectivity index (χ0) is 22.3. The first-order valence-electron chi connectivity index (χ1n) is 10.1. The third-order valence-corrected chi connectivity index (χ3v) is 5.91. The summed E-state index contributed by atoms with van der Waals surface area (Å²) in [6.45, 7) is 2.76. The van der Waals surface area contributed by atoms with Gasteiger partial charge in [0.15, 0.2) is 5.11 Å². The molecule has 0 bridgehead atoms. The van der Waals surface area contributed by atoms with Crippen molar-refractivity contribution >= 4 is 45.3 Å². The van der Waals surface area contributed by atoms with Crippen molar-refractivity contribution in [2.45, 2.75) is 13.5 Å². The minimum absolute atomic E-state index is 0.306. The Hall–Kier alpha value is -3.49. The van der Waals surface area contributed by atoms with Crippen LogP contribution in [0.5, 0.6) is 0 Å². The highest BCUT2D eigenvalue weighted by atomic mass is 32.1. The van der Waals surface area contributed by atoms with Crippen LogP contribution in [0.15, 0.2) is 79.1 Å². The summed E-state index contributed by atoms with van der Waals surface area (Å²) in [7, 11) is 0. The van der Waals surface area contributed by atoms with Gasteiger partial charge in [-0.25, -0.2) is 4.79 Å². The van der Waals surface area contributed by atoms with E-state index < -0.39 is 0 Å². The van der Waals surface area contributed by atoms with Crippen LogP contribution in [0, 0.1) is 0 Å². The van der Waals surface area contributed by atoms with Gasteiger partial charge in [0.25, 0.3) is 0 Å². The van der Waals surface area contributed by atoms with Crippen molar-refractivity contribution in [3.63, 3.8) is 0 Å². The highest BCUT2D eigenvalue weighted by molar-refractivity contribution is 7.80. The largest absolute Gasteiger partial charge is 0.462 e. The number of nitrogens with one attached hydrogen (secondary N) is 2. The maximum Gasteiger partial charge on any atom is 0.341 e. The van der Waals surface area contributed by atoms with Gasteiger partial charge >= 0.3 is 5.97 Å². The molecule has 0 atom stereocenters. The van der Waals surface area contributed by atoms with Crippen molar-refractivity contribution < 1.29 is 9.53 Å². The third kappa shape index (κ3) is 5.40. The van der Waals surface area contributed by atoms with Crippen LogP contribution in [0.1, 0.15) is 22.8 Å². The Labute approximate surface area is 195 Å². The molecule has 2 aromatic carbocycles. The Morgan fingerprint density at radius 3 is 2.69 bits per heavy atom. The number of esters is 1. The van der Waals surface area contributed by atoms with Gasteiger partial charge in [-0.3, -0.25) is 4.68 Å². The number of aromatic nitrogens is 2. The van der Waals surface area contributed by atoms with Crippen molar-refractivity contribution in [1.29, 1.82) is 0 Å². The van der Waals surface area contributed by atoms with Gasteiger partial charge in [-0.2, -0.15) is 5.10 Å². The summed E-state index contributed by atoms with van der Waals surface area (Å²) < 4.78 is 7.10. The number of ether oxygens (including phenoxy) is 1. The van der Waals surface area contributed by atoms with Gasteiger partial charge in [-0.1, -0.05) is 42.5 Å². The van der Waals surface area contributed by atoms with Gasteiger partial charge in [0, 0.05) is 23.0 Å². The molecule has 2 heterocycles. The maximum absolute atomic E-state index is 12.5. The number of anilines is 2. The second-order valence-corrected chi connectivity index (χ2v) is 8.38. The van der Waals surface area contributed by atoms with E-state index in [4.69, 9.17) is 17.0 Å². The fourth-order valence-electron chi connectivity index (χ4n) is 3.18. The molecule has 0 aliphatic heterocycles. The van der Waals surface area contributed by atoms with E-state index in [0.29, 0.717) is 28.8 Å². The fraction of sp³-hybridized carbons (Fsp3) is 0.125. The normalized spacial score (nSPS) is 10.5. The molecule has 0 aliphatic carbocycles. The minimum Gasteiger partial charge on any atom is -0.462 e. The van der Waals surface area contributed by atoms with E-state index in [1.807, 2.05) is 77.6 Å². The second kappa shape index (κ2) is 10.2. The van der Waals surface area contributed by atoms with E-state index in [1.165, 1.54) is 11.3 Å². The van der Waals surface area contributed by atoms with Gasteiger partial charge in [0.1, 0.15) is 5.00 Å². The maximum atomic E-state index is 12.5. The predicted octanol–water partition coefficient (Wildman–Crippen LogP) is 5.65. The Kier molecular flexibility index (Phi) is 6.94. The van der Waals surface area contributed by atoms with Gasteiger partial charge in [-0.15, -0.1) is 11.3 Å². The van der Waals surface area contributed by atoms with Crippen LogP contribution in [0.2, 0.25) is 0 Å². The van der Waals surface area contributed by atoms with Crippen LogP contribution in [-0.2, 0) is 11.3 Å². The van der Waals surface area contributed by atoms with Crippen LogP contribution >= 0.6 is 23.6 Å². The summed E-state index contributed by atoms with van der Waals surface area (Å²) in [5, 5.41) is 11.7.